The Kier molecular flexibility index (Phi) is 5.58. The van der Waals surface area contributed by atoms with Crippen LogP contribution in [0.1, 0.15) is 11.4 Å². The number of anilines is 1. The molecule has 0 aliphatic heterocycles. The number of aryl methyl sites for hydroxylation is 1. The summed E-state index contributed by atoms with van der Waals surface area (Å²) < 4.78 is 35.1. The second-order valence-corrected chi connectivity index (χ2v) is 9.24. The van der Waals surface area contributed by atoms with E-state index in [-0.39, 0.29) is 17.3 Å². The van der Waals surface area contributed by atoms with Gasteiger partial charge in [0.15, 0.2) is 0 Å². The van der Waals surface area contributed by atoms with Crippen LogP contribution in [-0.4, -0.2) is 30.9 Å². The molecule has 0 unspecified atom stereocenters. The number of sulfonamides is 1. The SMILES string of the molecule is CN(c1ccccc1)S(=O)(=O)c1ccc2c(c1)nc(COc1ccc(C(=N)N)cc1)n2C. The maximum atomic E-state index is 13.1. The Labute approximate surface area is 186 Å². The van der Waals surface area contributed by atoms with E-state index in [0.717, 1.165) is 5.52 Å². The molecule has 164 valence electrons. The normalized spacial score (nSPS) is 11.4. The fourth-order valence-corrected chi connectivity index (χ4v) is 4.55. The van der Waals surface area contributed by atoms with Gasteiger partial charge < -0.3 is 15.0 Å². The summed E-state index contributed by atoms with van der Waals surface area (Å²) in [4.78, 5) is 4.75. The first-order chi connectivity index (χ1) is 15.3. The second kappa shape index (κ2) is 8.35. The number of para-hydroxylation sites is 1. The van der Waals surface area contributed by atoms with E-state index < -0.39 is 10.0 Å². The highest BCUT2D eigenvalue weighted by Crippen LogP contribution is 2.25. The van der Waals surface area contributed by atoms with Crippen LogP contribution in [0.3, 0.4) is 0 Å². The van der Waals surface area contributed by atoms with Crippen LogP contribution in [-0.2, 0) is 23.7 Å². The van der Waals surface area contributed by atoms with Crippen molar-refractivity contribution in [3.8, 4) is 5.75 Å². The number of nitrogen functional groups attached to an aromatic ring is 1. The van der Waals surface area contributed by atoms with Crippen LogP contribution in [0.15, 0.2) is 77.7 Å². The van der Waals surface area contributed by atoms with E-state index in [1.165, 1.54) is 11.4 Å². The summed E-state index contributed by atoms with van der Waals surface area (Å²) in [5.74, 6) is 1.27. The van der Waals surface area contributed by atoms with E-state index in [1.54, 1.807) is 66.7 Å². The third-order valence-electron chi connectivity index (χ3n) is 5.26. The Bertz CT molecular complexity index is 1380. The Morgan fingerprint density at radius 2 is 1.78 bits per heavy atom. The maximum Gasteiger partial charge on any atom is 0.264 e. The fourth-order valence-electron chi connectivity index (χ4n) is 3.33. The molecule has 0 aliphatic carbocycles. The largest absolute Gasteiger partial charge is 0.486 e. The molecular weight excluding hydrogens is 426 g/mol. The highest BCUT2D eigenvalue weighted by atomic mass is 32.2. The van der Waals surface area contributed by atoms with Gasteiger partial charge in [0.2, 0.25) is 0 Å². The summed E-state index contributed by atoms with van der Waals surface area (Å²) in [5.41, 5.74) is 8.04. The van der Waals surface area contributed by atoms with Gasteiger partial charge in [-0.2, -0.15) is 0 Å². The zero-order chi connectivity index (χ0) is 22.9. The first-order valence-electron chi connectivity index (χ1n) is 9.84. The molecule has 3 aromatic carbocycles. The number of hydrogen-bond acceptors (Lipinski definition) is 5. The topological polar surface area (TPSA) is 114 Å². The van der Waals surface area contributed by atoms with E-state index in [4.69, 9.17) is 15.9 Å². The fraction of sp³-hybridized carbons (Fsp3) is 0.130. The second-order valence-electron chi connectivity index (χ2n) is 7.27. The first kappa shape index (κ1) is 21.4. The van der Waals surface area contributed by atoms with Crippen LogP contribution in [0.25, 0.3) is 11.0 Å². The summed E-state index contributed by atoms with van der Waals surface area (Å²) in [6.07, 6.45) is 0. The smallest absolute Gasteiger partial charge is 0.264 e. The number of imidazole rings is 1. The average Bonchev–Trinajstić information content (AvgIpc) is 3.12. The van der Waals surface area contributed by atoms with Crippen LogP contribution >= 0.6 is 0 Å². The molecule has 0 atom stereocenters. The lowest BCUT2D eigenvalue weighted by atomic mass is 10.2. The van der Waals surface area contributed by atoms with Crippen LogP contribution in [0.5, 0.6) is 5.75 Å². The number of hydrogen-bond donors (Lipinski definition) is 2. The monoisotopic (exact) mass is 449 g/mol. The summed E-state index contributed by atoms with van der Waals surface area (Å²) in [7, 11) is -0.338. The Morgan fingerprint density at radius 3 is 2.44 bits per heavy atom. The summed E-state index contributed by atoms with van der Waals surface area (Å²) in [6.45, 7) is 0.205. The number of nitrogens with one attached hydrogen (secondary N) is 1. The molecular formula is C23H23N5O3S. The van der Waals surface area contributed by atoms with Gasteiger partial charge in [-0.25, -0.2) is 13.4 Å². The number of fused-ring (bicyclic) bond motifs is 1. The summed E-state index contributed by atoms with van der Waals surface area (Å²) in [6, 6.07) is 20.7. The number of nitrogens with zero attached hydrogens (tertiary/aromatic N) is 3. The molecule has 1 aromatic heterocycles. The third-order valence-corrected chi connectivity index (χ3v) is 7.04. The lowest BCUT2D eigenvalue weighted by Crippen LogP contribution is -2.26. The molecule has 0 fully saturated rings. The number of ether oxygens (including phenoxy) is 1. The maximum absolute atomic E-state index is 13.1. The minimum Gasteiger partial charge on any atom is -0.486 e. The zero-order valence-electron chi connectivity index (χ0n) is 17.7. The molecule has 32 heavy (non-hydrogen) atoms. The quantitative estimate of drug-likeness (QED) is 0.332. The van der Waals surface area contributed by atoms with Crippen molar-refractivity contribution < 1.29 is 13.2 Å². The average molecular weight is 450 g/mol. The number of benzene rings is 3. The van der Waals surface area contributed by atoms with Crippen molar-refractivity contribution in [2.45, 2.75) is 11.5 Å². The summed E-state index contributed by atoms with van der Waals surface area (Å²) in [5, 5.41) is 7.45. The van der Waals surface area contributed by atoms with Crippen LogP contribution < -0.4 is 14.8 Å². The molecule has 0 saturated carbocycles. The highest BCUT2D eigenvalue weighted by molar-refractivity contribution is 7.92. The molecule has 4 rings (SSSR count). The predicted molar refractivity (Wildman–Crippen MR) is 125 cm³/mol. The van der Waals surface area contributed by atoms with Gasteiger partial charge in [0.05, 0.1) is 21.6 Å². The molecule has 0 radical (unpaired) electrons. The molecule has 3 N–H and O–H groups in total. The van der Waals surface area contributed by atoms with Crippen molar-refractivity contribution in [1.29, 1.82) is 5.41 Å². The van der Waals surface area contributed by atoms with Crippen molar-refractivity contribution >= 4 is 32.6 Å². The van der Waals surface area contributed by atoms with E-state index in [9.17, 15) is 8.42 Å². The van der Waals surface area contributed by atoms with Crippen molar-refractivity contribution in [2.75, 3.05) is 11.4 Å². The third kappa shape index (κ3) is 4.02. The van der Waals surface area contributed by atoms with Crippen LogP contribution in [0.2, 0.25) is 0 Å². The molecule has 0 aliphatic rings. The molecule has 1 heterocycles. The highest BCUT2D eigenvalue weighted by Gasteiger charge is 2.22. The van der Waals surface area contributed by atoms with Crippen LogP contribution in [0.4, 0.5) is 5.69 Å². The number of aromatic nitrogens is 2. The number of nitrogens with two attached hydrogens (primary N) is 1. The van der Waals surface area contributed by atoms with Gasteiger partial charge in [-0.1, -0.05) is 18.2 Å². The minimum atomic E-state index is -3.73. The molecule has 9 heteroatoms. The molecule has 0 saturated heterocycles. The standard InChI is InChI=1S/C23H23N5O3S/c1-27-21-13-12-19(32(29,30)28(2)17-6-4-3-5-7-17)14-20(21)26-22(27)15-31-18-10-8-16(9-11-18)23(24)25/h3-14H,15H2,1-2H3,(H3,24,25). The molecule has 0 bridgehead atoms. The number of rotatable bonds is 7. The van der Waals surface area contributed by atoms with E-state index in [2.05, 4.69) is 4.98 Å². The van der Waals surface area contributed by atoms with Gasteiger partial charge in [-0.15, -0.1) is 0 Å². The lowest BCUT2D eigenvalue weighted by Gasteiger charge is -2.19. The van der Waals surface area contributed by atoms with Gasteiger partial charge in [0.25, 0.3) is 10.0 Å². The predicted octanol–water partition coefficient (Wildman–Crippen LogP) is 3.26. The zero-order valence-corrected chi connectivity index (χ0v) is 18.5. The Morgan fingerprint density at radius 1 is 1.09 bits per heavy atom. The van der Waals surface area contributed by atoms with Crippen LogP contribution in [0, 0.1) is 5.41 Å². The lowest BCUT2D eigenvalue weighted by molar-refractivity contribution is 0.292. The number of amidine groups is 1. The molecule has 8 nitrogen and oxygen atoms in total. The van der Waals surface area contributed by atoms with Gasteiger partial charge >= 0.3 is 0 Å². The Hall–Kier alpha value is -3.85. The van der Waals surface area contributed by atoms with Crippen molar-refractivity contribution in [2.24, 2.45) is 12.8 Å². The van der Waals surface area contributed by atoms with Crippen molar-refractivity contribution in [3.05, 3.63) is 84.2 Å². The van der Waals surface area contributed by atoms with Gasteiger partial charge in [0.1, 0.15) is 24.0 Å². The van der Waals surface area contributed by atoms with Gasteiger partial charge in [-0.05, 0) is 54.6 Å². The van der Waals surface area contributed by atoms with E-state index in [1.807, 2.05) is 17.7 Å². The first-order valence-corrected chi connectivity index (χ1v) is 11.3. The summed E-state index contributed by atoms with van der Waals surface area (Å²) >= 11 is 0. The molecule has 0 amide bonds. The van der Waals surface area contributed by atoms with E-state index >= 15 is 0 Å². The minimum absolute atomic E-state index is 0.00411. The Balaban J connectivity index is 1.58. The van der Waals surface area contributed by atoms with Crippen molar-refractivity contribution in [1.82, 2.24) is 9.55 Å². The van der Waals surface area contributed by atoms with E-state index in [0.29, 0.717) is 28.3 Å². The molecule has 4 aromatic rings. The van der Waals surface area contributed by atoms with Crippen molar-refractivity contribution in [3.63, 3.8) is 0 Å². The molecule has 0 spiro atoms. The van der Waals surface area contributed by atoms with Gasteiger partial charge in [-0.3, -0.25) is 9.71 Å². The van der Waals surface area contributed by atoms with Gasteiger partial charge in [0, 0.05) is 19.7 Å².